The van der Waals surface area contributed by atoms with E-state index in [0.717, 1.165) is 4.31 Å². The van der Waals surface area contributed by atoms with Crippen molar-refractivity contribution in [1.82, 2.24) is 20.2 Å². The molecular weight excluding hydrogens is 475 g/mol. The number of sulfonamides is 1. The zero-order valence-corrected chi connectivity index (χ0v) is 19.8. The van der Waals surface area contributed by atoms with Crippen LogP contribution in [-0.4, -0.2) is 48.7 Å². The van der Waals surface area contributed by atoms with Crippen LogP contribution in [0.4, 0.5) is 15.8 Å². The largest absolute Gasteiger partial charge is 0.495 e. The number of ether oxygens (including phenoxy) is 1. The Balaban J connectivity index is 1.54. The van der Waals surface area contributed by atoms with Crippen LogP contribution in [0, 0.1) is 12.7 Å². The number of hydrogen-bond acceptors (Lipinski definition) is 7. The Bertz CT molecular complexity index is 1490. The van der Waals surface area contributed by atoms with Crippen molar-refractivity contribution in [2.24, 2.45) is 0 Å². The van der Waals surface area contributed by atoms with Gasteiger partial charge in [0.05, 0.1) is 17.7 Å². The van der Waals surface area contributed by atoms with Crippen molar-refractivity contribution in [2.75, 3.05) is 23.8 Å². The monoisotopic (exact) mass is 496 g/mol. The lowest BCUT2D eigenvalue weighted by Gasteiger charge is -2.21. The third-order valence-electron chi connectivity index (χ3n) is 5.26. The number of nitrogens with zero attached hydrogens (tertiary/aromatic N) is 5. The van der Waals surface area contributed by atoms with Crippen molar-refractivity contribution >= 4 is 27.3 Å². The van der Waals surface area contributed by atoms with Crippen LogP contribution in [-0.2, 0) is 10.0 Å². The summed E-state index contributed by atoms with van der Waals surface area (Å²) in [6, 6.07) is 16.2. The molecule has 0 radical (unpaired) electrons. The maximum absolute atomic E-state index is 14.3. The molecule has 0 bridgehead atoms. The highest BCUT2D eigenvalue weighted by Gasteiger charge is 2.24. The van der Waals surface area contributed by atoms with Gasteiger partial charge in [-0.25, -0.2) is 12.8 Å². The average Bonchev–Trinajstić information content (AvgIpc) is 3.30. The van der Waals surface area contributed by atoms with Crippen molar-refractivity contribution in [3.05, 3.63) is 83.9 Å². The molecular formula is C23H21FN6O4S. The molecule has 0 atom stereocenters. The minimum atomic E-state index is -3.91. The topological polar surface area (TPSA) is 119 Å². The molecule has 10 nitrogen and oxygen atoms in total. The molecule has 4 rings (SSSR count). The number of hydrogen-bond donors (Lipinski definition) is 1. The number of methoxy groups -OCH3 is 1. The van der Waals surface area contributed by atoms with Crippen LogP contribution in [0.5, 0.6) is 5.75 Å². The first-order valence-electron chi connectivity index (χ1n) is 10.3. The van der Waals surface area contributed by atoms with E-state index >= 15 is 0 Å². The van der Waals surface area contributed by atoms with Gasteiger partial charge in [-0.3, -0.25) is 9.10 Å². The van der Waals surface area contributed by atoms with Gasteiger partial charge in [0.2, 0.25) is 0 Å². The third-order valence-corrected chi connectivity index (χ3v) is 7.04. The number of aromatic nitrogens is 4. The maximum atomic E-state index is 14.3. The summed E-state index contributed by atoms with van der Waals surface area (Å²) in [4.78, 5) is 12.7. The Morgan fingerprint density at radius 2 is 1.80 bits per heavy atom. The minimum Gasteiger partial charge on any atom is -0.495 e. The lowest BCUT2D eigenvalue weighted by atomic mass is 10.2. The molecule has 1 heterocycles. The van der Waals surface area contributed by atoms with Gasteiger partial charge in [0.1, 0.15) is 17.3 Å². The molecule has 12 heteroatoms. The third kappa shape index (κ3) is 4.68. The number of carbonyl (C=O) groups excluding carboxylic acids is 1. The van der Waals surface area contributed by atoms with Crippen molar-refractivity contribution in [2.45, 2.75) is 11.8 Å². The number of anilines is 2. The van der Waals surface area contributed by atoms with E-state index in [1.54, 1.807) is 31.2 Å². The van der Waals surface area contributed by atoms with E-state index < -0.39 is 21.7 Å². The van der Waals surface area contributed by atoms with Crippen molar-refractivity contribution in [3.63, 3.8) is 0 Å². The number of rotatable bonds is 7. The summed E-state index contributed by atoms with van der Waals surface area (Å²) in [5.74, 6) is -0.280. The number of aryl methyl sites for hydroxylation is 1. The van der Waals surface area contributed by atoms with E-state index in [4.69, 9.17) is 4.74 Å². The molecule has 1 amide bonds. The number of para-hydroxylation sites is 2. The van der Waals surface area contributed by atoms with Gasteiger partial charge < -0.3 is 10.1 Å². The molecule has 3 aromatic carbocycles. The first-order valence-corrected chi connectivity index (χ1v) is 11.7. The SMILES string of the molecule is COc1ccccc1N(C)S(=O)(=O)c1ccc(C(=O)Nc2ccc(F)c(-n3nnnc3C)c2)cc1. The summed E-state index contributed by atoms with van der Waals surface area (Å²) in [7, 11) is -1.03. The van der Waals surface area contributed by atoms with Gasteiger partial charge >= 0.3 is 0 Å². The molecule has 0 saturated carbocycles. The molecule has 35 heavy (non-hydrogen) atoms. The van der Waals surface area contributed by atoms with Crippen LogP contribution in [0.25, 0.3) is 5.69 Å². The average molecular weight is 497 g/mol. The number of nitrogens with one attached hydrogen (secondary N) is 1. The molecule has 180 valence electrons. The molecule has 0 spiro atoms. The summed E-state index contributed by atoms with van der Waals surface area (Å²) in [6.07, 6.45) is 0. The minimum absolute atomic E-state index is 0.000631. The van der Waals surface area contributed by atoms with Gasteiger partial charge in [-0.05, 0) is 71.9 Å². The molecule has 0 aliphatic rings. The van der Waals surface area contributed by atoms with Gasteiger partial charge in [-0.15, -0.1) is 5.10 Å². The Morgan fingerprint density at radius 1 is 1.09 bits per heavy atom. The highest BCUT2D eigenvalue weighted by Crippen LogP contribution is 2.31. The number of benzene rings is 3. The fraction of sp³-hybridized carbons (Fsp3) is 0.130. The number of tetrazole rings is 1. The number of halogens is 1. The molecule has 0 aliphatic carbocycles. The lowest BCUT2D eigenvalue weighted by molar-refractivity contribution is 0.102. The van der Waals surface area contributed by atoms with E-state index in [9.17, 15) is 17.6 Å². The molecule has 4 aromatic rings. The zero-order valence-electron chi connectivity index (χ0n) is 19.0. The van der Waals surface area contributed by atoms with Crippen LogP contribution in [0.1, 0.15) is 16.2 Å². The number of carbonyl (C=O) groups is 1. The molecule has 1 aromatic heterocycles. The summed E-state index contributed by atoms with van der Waals surface area (Å²) < 4.78 is 48.0. The van der Waals surface area contributed by atoms with E-state index in [1.165, 1.54) is 61.3 Å². The number of amides is 1. The standard InChI is InChI=1S/C23H21FN6O4S/c1-15-26-27-28-30(15)21-14-17(10-13-19(21)24)25-23(31)16-8-11-18(12-9-16)35(32,33)29(2)20-6-4-5-7-22(20)34-3/h4-14H,1-3H3,(H,25,31). The molecule has 0 saturated heterocycles. The van der Waals surface area contributed by atoms with Gasteiger partial charge in [0.15, 0.2) is 5.82 Å². The van der Waals surface area contributed by atoms with Crippen LogP contribution < -0.4 is 14.4 Å². The highest BCUT2D eigenvalue weighted by atomic mass is 32.2. The summed E-state index contributed by atoms with van der Waals surface area (Å²) >= 11 is 0. The van der Waals surface area contributed by atoms with Crippen molar-refractivity contribution in [3.8, 4) is 11.4 Å². The first kappa shape index (κ1) is 23.8. The quantitative estimate of drug-likeness (QED) is 0.417. The zero-order chi connectivity index (χ0) is 25.2. The fourth-order valence-corrected chi connectivity index (χ4v) is 4.57. The Morgan fingerprint density at radius 3 is 2.46 bits per heavy atom. The van der Waals surface area contributed by atoms with Crippen LogP contribution in [0.2, 0.25) is 0 Å². The van der Waals surface area contributed by atoms with E-state index in [1.807, 2.05) is 0 Å². The Hall–Kier alpha value is -4.32. The summed E-state index contributed by atoms with van der Waals surface area (Å²) in [6.45, 7) is 1.62. The summed E-state index contributed by atoms with van der Waals surface area (Å²) in [5.41, 5.74) is 0.982. The van der Waals surface area contributed by atoms with Crippen molar-refractivity contribution < 1.29 is 22.3 Å². The highest BCUT2D eigenvalue weighted by molar-refractivity contribution is 7.92. The predicted molar refractivity (Wildman–Crippen MR) is 127 cm³/mol. The predicted octanol–water partition coefficient (Wildman–Crippen LogP) is 3.20. The normalized spacial score (nSPS) is 11.2. The van der Waals surface area contributed by atoms with E-state index in [-0.39, 0.29) is 16.1 Å². The second-order valence-electron chi connectivity index (χ2n) is 7.43. The molecule has 0 fully saturated rings. The van der Waals surface area contributed by atoms with Gasteiger partial charge in [0.25, 0.3) is 15.9 Å². The molecule has 0 unspecified atom stereocenters. The van der Waals surface area contributed by atoms with E-state index in [2.05, 4.69) is 20.8 Å². The lowest BCUT2D eigenvalue weighted by Crippen LogP contribution is -2.27. The first-order chi connectivity index (χ1) is 16.7. The van der Waals surface area contributed by atoms with Gasteiger partial charge in [-0.1, -0.05) is 12.1 Å². The Kier molecular flexibility index (Phi) is 6.47. The van der Waals surface area contributed by atoms with Crippen LogP contribution >= 0.6 is 0 Å². The Labute approximate surface area is 201 Å². The molecule has 0 aliphatic heterocycles. The van der Waals surface area contributed by atoms with Crippen molar-refractivity contribution in [1.29, 1.82) is 0 Å². The van der Waals surface area contributed by atoms with Crippen LogP contribution in [0.3, 0.4) is 0 Å². The fourth-order valence-electron chi connectivity index (χ4n) is 3.37. The van der Waals surface area contributed by atoms with Gasteiger partial charge in [0, 0.05) is 18.3 Å². The second-order valence-corrected chi connectivity index (χ2v) is 9.40. The smallest absolute Gasteiger partial charge is 0.264 e. The second kappa shape index (κ2) is 9.50. The van der Waals surface area contributed by atoms with Gasteiger partial charge in [-0.2, -0.15) is 4.68 Å². The maximum Gasteiger partial charge on any atom is 0.264 e. The van der Waals surface area contributed by atoms with Crippen LogP contribution in [0.15, 0.2) is 71.6 Å². The molecule has 1 N–H and O–H groups in total. The summed E-state index contributed by atoms with van der Waals surface area (Å²) in [5, 5.41) is 13.6. The van der Waals surface area contributed by atoms with E-state index in [0.29, 0.717) is 22.9 Å².